The largest absolute Gasteiger partial charge is 0.493 e. The second kappa shape index (κ2) is 7.27. The average Bonchev–Trinajstić information content (AvgIpc) is 3.27. The van der Waals surface area contributed by atoms with E-state index in [4.69, 9.17) is 8.92 Å². The lowest BCUT2D eigenvalue weighted by Crippen LogP contribution is -2.19. The SMILES string of the molecule is CNc1cc(OCC2CCC2)ccc1NSOCC1CC1. The van der Waals surface area contributed by atoms with Gasteiger partial charge in [0.1, 0.15) is 18.0 Å². The van der Waals surface area contributed by atoms with E-state index in [0.29, 0.717) is 0 Å². The van der Waals surface area contributed by atoms with E-state index in [9.17, 15) is 0 Å². The molecule has 1 aromatic carbocycles. The summed E-state index contributed by atoms with van der Waals surface area (Å²) >= 11 is 1.31. The first-order valence-corrected chi connectivity index (χ1v) is 8.58. The molecule has 1 aromatic rings. The van der Waals surface area contributed by atoms with Crippen LogP contribution in [0.15, 0.2) is 18.2 Å². The maximum absolute atomic E-state index is 5.87. The quantitative estimate of drug-likeness (QED) is 0.404. The summed E-state index contributed by atoms with van der Waals surface area (Å²) in [5.74, 6) is 2.47. The van der Waals surface area contributed by atoms with E-state index in [2.05, 4.69) is 10.0 Å². The van der Waals surface area contributed by atoms with Gasteiger partial charge in [-0.25, -0.2) is 0 Å². The van der Waals surface area contributed by atoms with Crippen molar-refractivity contribution < 1.29 is 8.92 Å². The Morgan fingerprint density at radius 1 is 1.10 bits per heavy atom. The van der Waals surface area contributed by atoms with Gasteiger partial charge in [-0.05, 0) is 49.7 Å². The van der Waals surface area contributed by atoms with Crippen LogP contribution in [0.5, 0.6) is 5.75 Å². The van der Waals surface area contributed by atoms with Crippen LogP contribution in [0.1, 0.15) is 32.1 Å². The molecule has 0 unspecified atom stereocenters. The van der Waals surface area contributed by atoms with E-state index in [-0.39, 0.29) is 0 Å². The van der Waals surface area contributed by atoms with Crippen LogP contribution in [0.3, 0.4) is 0 Å². The van der Waals surface area contributed by atoms with Crippen LogP contribution in [0.4, 0.5) is 11.4 Å². The molecular formula is C16H24N2O2S. The van der Waals surface area contributed by atoms with E-state index in [1.54, 1.807) is 0 Å². The number of hydrogen-bond donors (Lipinski definition) is 2. The number of nitrogens with one attached hydrogen (secondary N) is 2. The fourth-order valence-corrected chi connectivity index (χ4v) is 2.86. The molecule has 0 aliphatic heterocycles. The Labute approximate surface area is 131 Å². The molecule has 5 heteroatoms. The molecule has 0 aromatic heterocycles. The van der Waals surface area contributed by atoms with Crippen LogP contribution in [-0.4, -0.2) is 20.3 Å². The molecule has 0 radical (unpaired) electrons. The van der Waals surface area contributed by atoms with Crippen molar-refractivity contribution in [3.8, 4) is 5.75 Å². The molecule has 2 aliphatic rings. The lowest BCUT2D eigenvalue weighted by Gasteiger charge is -2.25. The lowest BCUT2D eigenvalue weighted by atomic mass is 9.86. The topological polar surface area (TPSA) is 42.5 Å². The molecule has 2 saturated carbocycles. The summed E-state index contributed by atoms with van der Waals surface area (Å²) in [6.45, 7) is 1.68. The molecule has 0 amide bonds. The van der Waals surface area contributed by atoms with E-state index in [0.717, 1.165) is 42.2 Å². The Morgan fingerprint density at radius 2 is 1.90 bits per heavy atom. The second-order valence-corrected chi connectivity index (χ2v) is 6.59. The average molecular weight is 308 g/mol. The third-order valence-electron chi connectivity index (χ3n) is 4.18. The summed E-state index contributed by atoms with van der Waals surface area (Å²) in [7, 11) is 1.92. The molecule has 4 nitrogen and oxygen atoms in total. The minimum Gasteiger partial charge on any atom is -0.493 e. The normalized spacial score (nSPS) is 18.1. The summed E-state index contributed by atoms with van der Waals surface area (Å²) < 4.78 is 14.6. The predicted octanol–water partition coefficient (Wildman–Crippen LogP) is 4.31. The fraction of sp³-hybridized carbons (Fsp3) is 0.625. The van der Waals surface area contributed by atoms with Gasteiger partial charge in [0.25, 0.3) is 0 Å². The van der Waals surface area contributed by atoms with Crippen LogP contribution in [-0.2, 0) is 4.18 Å². The molecular weight excluding hydrogens is 284 g/mol. The molecule has 21 heavy (non-hydrogen) atoms. The molecule has 116 valence electrons. The molecule has 0 saturated heterocycles. The van der Waals surface area contributed by atoms with Crippen LogP contribution >= 0.6 is 12.2 Å². The van der Waals surface area contributed by atoms with Crippen molar-refractivity contribution in [3.63, 3.8) is 0 Å². The molecule has 2 N–H and O–H groups in total. The second-order valence-electron chi connectivity index (χ2n) is 5.98. The monoisotopic (exact) mass is 308 g/mol. The first-order chi connectivity index (χ1) is 10.3. The van der Waals surface area contributed by atoms with Crippen LogP contribution < -0.4 is 14.8 Å². The van der Waals surface area contributed by atoms with E-state index < -0.39 is 0 Å². The minimum atomic E-state index is 0.757. The zero-order valence-corrected chi connectivity index (χ0v) is 13.4. The van der Waals surface area contributed by atoms with Crippen LogP contribution in [0, 0.1) is 11.8 Å². The highest BCUT2D eigenvalue weighted by Gasteiger charge is 2.21. The van der Waals surface area contributed by atoms with Gasteiger partial charge in [-0.2, -0.15) is 0 Å². The Balaban J connectivity index is 1.47. The van der Waals surface area contributed by atoms with Crippen LogP contribution in [0.2, 0.25) is 0 Å². The smallest absolute Gasteiger partial charge is 0.121 e. The minimum absolute atomic E-state index is 0.757. The molecule has 0 atom stereocenters. The van der Waals surface area contributed by atoms with Gasteiger partial charge in [0.05, 0.1) is 24.6 Å². The first kappa shape index (κ1) is 14.9. The number of rotatable bonds is 9. The number of benzene rings is 1. The zero-order chi connectivity index (χ0) is 14.5. The van der Waals surface area contributed by atoms with Gasteiger partial charge in [-0.3, -0.25) is 4.18 Å². The Morgan fingerprint density at radius 3 is 2.57 bits per heavy atom. The van der Waals surface area contributed by atoms with Crippen molar-refractivity contribution in [3.05, 3.63) is 18.2 Å². The number of hydrogen-bond acceptors (Lipinski definition) is 5. The van der Waals surface area contributed by atoms with Crippen molar-refractivity contribution in [1.82, 2.24) is 0 Å². The van der Waals surface area contributed by atoms with E-state index >= 15 is 0 Å². The summed E-state index contributed by atoms with van der Waals surface area (Å²) in [4.78, 5) is 0. The number of ether oxygens (including phenoxy) is 1. The third kappa shape index (κ3) is 4.45. The molecule has 0 heterocycles. The summed E-state index contributed by atoms with van der Waals surface area (Å²) in [6.07, 6.45) is 6.61. The highest BCUT2D eigenvalue weighted by molar-refractivity contribution is 7.96. The highest BCUT2D eigenvalue weighted by Crippen LogP contribution is 2.33. The summed E-state index contributed by atoms with van der Waals surface area (Å²) in [6, 6.07) is 6.10. The van der Waals surface area contributed by atoms with E-state index in [1.165, 1.54) is 44.3 Å². The Hall–Kier alpha value is -1.07. The van der Waals surface area contributed by atoms with Gasteiger partial charge >= 0.3 is 0 Å². The highest BCUT2D eigenvalue weighted by atomic mass is 32.2. The molecule has 2 aliphatic carbocycles. The standard InChI is InChI=1S/C16H24N2O2S/c1-17-16-9-14(19-10-12-3-2-4-12)7-8-15(16)18-21-20-11-13-5-6-13/h7-9,12-13,17-18H,2-6,10-11H2,1H3. The van der Waals surface area contributed by atoms with Crippen molar-refractivity contribution in [2.45, 2.75) is 32.1 Å². The van der Waals surface area contributed by atoms with E-state index in [1.807, 2.05) is 25.2 Å². The molecule has 2 fully saturated rings. The maximum atomic E-state index is 5.87. The Bertz CT molecular complexity index is 462. The predicted molar refractivity (Wildman–Crippen MR) is 88.7 cm³/mol. The molecule has 0 bridgehead atoms. The molecule has 3 rings (SSSR count). The van der Waals surface area contributed by atoms with Crippen molar-refractivity contribution in [2.24, 2.45) is 11.8 Å². The van der Waals surface area contributed by atoms with Crippen LogP contribution in [0.25, 0.3) is 0 Å². The van der Waals surface area contributed by atoms with Gasteiger partial charge in [0.15, 0.2) is 0 Å². The van der Waals surface area contributed by atoms with Gasteiger partial charge in [0, 0.05) is 13.1 Å². The first-order valence-electron chi connectivity index (χ1n) is 7.84. The van der Waals surface area contributed by atoms with Crippen molar-refractivity contribution >= 4 is 23.6 Å². The fourth-order valence-electron chi connectivity index (χ4n) is 2.27. The van der Waals surface area contributed by atoms with Crippen molar-refractivity contribution in [1.29, 1.82) is 0 Å². The Kier molecular flexibility index (Phi) is 5.14. The molecule has 0 spiro atoms. The summed E-state index contributed by atoms with van der Waals surface area (Å²) in [5.41, 5.74) is 2.05. The van der Waals surface area contributed by atoms with Gasteiger partial charge in [0.2, 0.25) is 0 Å². The maximum Gasteiger partial charge on any atom is 0.121 e. The zero-order valence-electron chi connectivity index (χ0n) is 12.6. The van der Waals surface area contributed by atoms with Gasteiger partial charge in [-0.15, -0.1) is 0 Å². The lowest BCUT2D eigenvalue weighted by molar-refractivity contribution is 0.180. The van der Waals surface area contributed by atoms with Gasteiger partial charge in [-0.1, -0.05) is 6.42 Å². The number of anilines is 2. The van der Waals surface area contributed by atoms with Gasteiger partial charge < -0.3 is 14.8 Å². The summed E-state index contributed by atoms with van der Waals surface area (Å²) in [5, 5.41) is 3.20. The third-order valence-corrected chi connectivity index (χ3v) is 4.74. The van der Waals surface area contributed by atoms with Crippen molar-refractivity contribution in [2.75, 3.05) is 30.3 Å².